The lowest BCUT2D eigenvalue weighted by Gasteiger charge is -2.11. The largest absolute Gasteiger partial charge is 0.497 e. The zero-order valence-electron chi connectivity index (χ0n) is 14.9. The van der Waals surface area contributed by atoms with Gasteiger partial charge in [-0.2, -0.15) is 0 Å². The number of nitrogens with one attached hydrogen (secondary N) is 1. The molecule has 26 heavy (non-hydrogen) atoms. The number of carbonyl (C=O) groups is 2. The van der Waals surface area contributed by atoms with Crippen LogP contribution >= 0.6 is 0 Å². The molecule has 0 spiro atoms. The van der Waals surface area contributed by atoms with Crippen molar-refractivity contribution in [3.8, 4) is 17.2 Å². The summed E-state index contributed by atoms with van der Waals surface area (Å²) in [6, 6.07) is 11.5. The predicted octanol–water partition coefficient (Wildman–Crippen LogP) is 2.90. The van der Waals surface area contributed by atoms with E-state index < -0.39 is 18.5 Å². The average Bonchev–Trinajstić information content (AvgIpc) is 2.66. The molecule has 0 atom stereocenters. The molecule has 0 aliphatic heterocycles. The molecule has 2 rings (SSSR count). The van der Waals surface area contributed by atoms with Crippen LogP contribution in [-0.2, 0) is 9.53 Å². The first-order valence-corrected chi connectivity index (χ1v) is 7.99. The number of amides is 1. The van der Waals surface area contributed by atoms with E-state index in [0.717, 1.165) is 0 Å². The van der Waals surface area contributed by atoms with Crippen LogP contribution < -0.4 is 19.5 Å². The number of benzene rings is 2. The fourth-order valence-electron chi connectivity index (χ4n) is 2.18. The lowest BCUT2D eigenvalue weighted by atomic mass is 10.2. The standard InChI is InChI=1S/C19H21NO6/c1-4-25-17-10-13(8-9-16(17)24-3)19(22)26-12-18(21)20-14-6-5-7-15(11-14)23-2/h5-11H,4,12H2,1-3H3,(H,20,21). The number of hydrogen-bond acceptors (Lipinski definition) is 6. The second-order valence-electron chi connectivity index (χ2n) is 5.15. The molecule has 1 amide bonds. The molecule has 0 aromatic heterocycles. The van der Waals surface area contributed by atoms with Gasteiger partial charge in [-0.1, -0.05) is 6.07 Å². The highest BCUT2D eigenvalue weighted by Gasteiger charge is 2.14. The van der Waals surface area contributed by atoms with Crippen molar-refractivity contribution in [3.63, 3.8) is 0 Å². The summed E-state index contributed by atoms with van der Waals surface area (Å²) in [5.74, 6) is 0.477. The van der Waals surface area contributed by atoms with Crippen molar-refractivity contribution in [2.24, 2.45) is 0 Å². The maximum atomic E-state index is 12.1. The number of hydrogen-bond donors (Lipinski definition) is 1. The fraction of sp³-hybridized carbons (Fsp3) is 0.263. The summed E-state index contributed by atoms with van der Waals surface area (Å²) in [6.45, 7) is 1.84. The molecule has 0 fully saturated rings. The van der Waals surface area contributed by atoms with Crippen LogP contribution in [0.15, 0.2) is 42.5 Å². The van der Waals surface area contributed by atoms with Gasteiger partial charge in [-0.25, -0.2) is 4.79 Å². The van der Waals surface area contributed by atoms with E-state index in [-0.39, 0.29) is 5.56 Å². The third-order valence-electron chi connectivity index (χ3n) is 3.39. The number of ether oxygens (including phenoxy) is 4. The predicted molar refractivity (Wildman–Crippen MR) is 96.1 cm³/mol. The van der Waals surface area contributed by atoms with Crippen molar-refractivity contribution >= 4 is 17.6 Å². The molecule has 0 radical (unpaired) electrons. The van der Waals surface area contributed by atoms with Crippen molar-refractivity contribution in [2.75, 3.05) is 32.8 Å². The minimum atomic E-state index is -0.630. The van der Waals surface area contributed by atoms with Crippen LogP contribution in [0.5, 0.6) is 17.2 Å². The lowest BCUT2D eigenvalue weighted by Crippen LogP contribution is -2.21. The monoisotopic (exact) mass is 359 g/mol. The Morgan fingerprint density at radius 1 is 1.00 bits per heavy atom. The number of esters is 1. The fourth-order valence-corrected chi connectivity index (χ4v) is 2.18. The molecular formula is C19H21NO6. The third kappa shape index (κ3) is 5.14. The van der Waals surface area contributed by atoms with Gasteiger partial charge in [-0.05, 0) is 37.3 Å². The molecule has 0 bridgehead atoms. The summed E-state index contributed by atoms with van der Waals surface area (Å²) in [4.78, 5) is 24.1. The van der Waals surface area contributed by atoms with Gasteiger partial charge in [0, 0.05) is 11.8 Å². The van der Waals surface area contributed by atoms with Crippen LogP contribution in [0, 0.1) is 0 Å². The van der Waals surface area contributed by atoms with Gasteiger partial charge < -0.3 is 24.3 Å². The SMILES string of the molecule is CCOc1cc(C(=O)OCC(=O)Nc2cccc(OC)c2)ccc1OC. The van der Waals surface area contributed by atoms with Gasteiger partial charge in [-0.3, -0.25) is 4.79 Å². The number of rotatable bonds is 8. The Labute approximate surface area is 151 Å². The molecule has 0 aliphatic rings. The summed E-state index contributed by atoms with van der Waals surface area (Å²) in [7, 11) is 3.05. The van der Waals surface area contributed by atoms with Crippen LogP contribution in [0.4, 0.5) is 5.69 Å². The van der Waals surface area contributed by atoms with Gasteiger partial charge >= 0.3 is 5.97 Å². The Hall–Kier alpha value is -3.22. The summed E-state index contributed by atoms with van der Waals surface area (Å²) in [5, 5.41) is 2.63. The first-order chi connectivity index (χ1) is 12.6. The minimum Gasteiger partial charge on any atom is -0.497 e. The average molecular weight is 359 g/mol. The highest BCUT2D eigenvalue weighted by molar-refractivity contribution is 5.95. The van der Waals surface area contributed by atoms with Crippen LogP contribution in [-0.4, -0.2) is 39.3 Å². The number of carbonyl (C=O) groups excluding carboxylic acids is 2. The summed E-state index contributed by atoms with van der Waals surface area (Å²) in [5.41, 5.74) is 0.817. The maximum Gasteiger partial charge on any atom is 0.338 e. The molecule has 0 unspecified atom stereocenters. The molecular weight excluding hydrogens is 338 g/mol. The second-order valence-corrected chi connectivity index (χ2v) is 5.15. The minimum absolute atomic E-state index is 0.267. The maximum absolute atomic E-state index is 12.1. The van der Waals surface area contributed by atoms with Crippen LogP contribution in [0.2, 0.25) is 0 Å². The Kier molecular flexibility index (Phi) is 6.84. The summed E-state index contributed by atoms with van der Waals surface area (Å²) < 4.78 is 20.7. The van der Waals surface area contributed by atoms with Gasteiger partial charge in [-0.15, -0.1) is 0 Å². The smallest absolute Gasteiger partial charge is 0.338 e. The van der Waals surface area contributed by atoms with E-state index in [1.165, 1.54) is 20.3 Å². The Morgan fingerprint density at radius 3 is 2.50 bits per heavy atom. The van der Waals surface area contributed by atoms with E-state index in [2.05, 4.69) is 5.32 Å². The van der Waals surface area contributed by atoms with E-state index in [4.69, 9.17) is 18.9 Å². The lowest BCUT2D eigenvalue weighted by molar-refractivity contribution is -0.119. The molecule has 7 nitrogen and oxygen atoms in total. The highest BCUT2D eigenvalue weighted by atomic mass is 16.5. The van der Waals surface area contributed by atoms with Crippen molar-refractivity contribution < 1.29 is 28.5 Å². The van der Waals surface area contributed by atoms with Crippen LogP contribution in [0.25, 0.3) is 0 Å². The van der Waals surface area contributed by atoms with Gasteiger partial charge in [0.15, 0.2) is 18.1 Å². The Morgan fingerprint density at radius 2 is 1.81 bits per heavy atom. The van der Waals surface area contributed by atoms with Gasteiger partial charge in [0.1, 0.15) is 5.75 Å². The van der Waals surface area contributed by atoms with Crippen LogP contribution in [0.3, 0.4) is 0 Å². The summed E-state index contributed by atoms with van der Waals surface area (Å²) in [6.07, 6.45) is 0. The molecule has 0 saturated heterocycles. The molecule has 138 valence electrons. The third-order valence-corrected chi connectivity index (χ3v) is 3.39. The zero-order chi connectivity index (χ0) is 18.9. The summed E-state index contributed by atoms with van der Waals surface area (Å²) >= 11 is 0. The number of methoxy groups -OCH3 is 2. The van der Waals surface area contributed by atoms with E-state index in [1.54, 1.807) is 36.4 Å². The first kappa shape index (κ1) is 19.1. The normalized spacial score (nSPS) is 9.96. The number of anilines is 1. The highest BCUT2D eigenvalue weighted by Crippen LogP contribution is 2.28. The van der Waals surface area contributed by atoms with Crippen molar-refractivity contribution in [1.29, 1.82) is 0 Å². The van der Waals surface area contributed by atoms with Gasteiger partial charge in [0.2, 0.25) is 0 Å². The van der Waals surface area contributed by atoms with Gasteiger partial charge in [0.05, 0.1) is 26.4 Å². The second kappa shape index (κ2) is 9.31. The van der Waals surface area contributed by atoms with Crippen molar-refractivity contribution in [2.45, 2.75) is 6.92 Å². The van der Waals surface area contributed by atoms with Crippen LogP contribution in [0.1, 0.15) is 17.3 Å². The van der Waals surface area contributed by atoms with Crippen molar-refractivity contribution in [1.82, 2.24) is 0 Å². The molecule has 2 aromatic rings. The van der Waals surface area contributed by atoms with Crippen molar-refractivity contribution in [3.05, 3.63) is 48.0 Å². The molecule has 1 N–H and O–H groups in total. The quantitative estimate of drug-likeness (QED) is 0.730. The molecule has 0 aliphatic carbocycles. The Balaban J connectivity index is 1.95. The van der Waals surface area contributed by atoms with E-state index in [9.17, 15) is 9.59 Å². The van der Waals surface area contributed by atoms with Gasteiger partial charge in [0.25, 0.3) is 5.91 Å². The Bertz CT molecular complexity index is 774. The molecule has 0 saturated carbocycles. The molecule has 2 aromatic carbocycles. The topological polar surface area (TPSA) is 83.1 Å². The molecule has 0 heterocycles. The first-order valence-electron chi connectivity index (χ1n) is 7.99. The van der Waals surface area contributed by atoms with E-state index >= 15 is 0 Å². The zero-order valence-corrected chi connectivity index (χ0v) is 14.9. The molecule has 7 heteroatoms. The van der Waals surface area contributed by atoms with E-state index in [1.807, 2.05) is 6.92 Å². The van der Waals surface area contributed by atoms with E-state index in [0.29, 0.717) is 29.5 Å².